The lowest BCUT2D eigenvalue weighted by Gasteiger charge is -2.09. The van der Waals surface area contributed by atoms with Gasteiger partial charge in [0, 0.05) is 4.47 Å². The highest BCUT2D eigenvalue weighted by atomic mass is 79.9. The minimum atomic E-state index is 0.304. The van der Waals surface area contributed by atoms with Gasteiger partial charge in [-0.05, 0) is 52.7 Å². The molecule has 0 aliphatic heterocycles. The van der Waals surface area contributed by atoms with E-state index in [1.165, 1.54) is 5.56 Å². The number of anilines is 2. The van der Waals surface area contributed by atoms with Gasteiger partial charge in [0.25, 0.3) is 0 Å². The van der Waals surface area contributed by atoms with Gasteiger partial charge in [0.1, 0.15) is 4.99 Å². The van der Waals surface area contributed by atoms with Gasteiger partial charge in [0.05, 0.1) is 23.3 Å². The summed E-state index contributed by atoms with van der Waals surface area (Å²) in [4.78, 5) is 4.48. The van der Waals surface area contributed by atoms with E-state index in [-0.39, 0.29) is 0 Å². The standard InChI is InChI=1S/C13H12BrN3S/c1-8-2-4-11(10(14)6-8)17-9-3-5-12(13(15)18)16-7-9/h2-7,17H,1H3,(H2,15,18). The summed E-state index contributed by atoms with van der Waals surface area (Å²) in [5.74, 6) is 0. The third-order valence-electron chi connectivity index (χ3n) is 2.42. The first-order valence-electron chi connectivity index (χ1n) is 5.35. The Balaban J connectivity index is 2.21. The third kappa shape index (κ3) is 3.05. The van der Waals surface area contributed by atoms with E-state index < -0.39 is 0 Å². The number of nitrogens with two attached hydrogens (primary N) is 1. The highest BCUT2D eigenvalue weighted by Gasteiger charge is 2.02. The van der Waals surface area contributed by atoms with Crippen LogP contribution in [0.4, 0.5) is 11.4 Å². The van der Waals surface area contributed by atoms with Crippen LogP contribution in [-0.2, 0) is 0 Å². The molecule has 1 heterocycles. The first kappa shape index (κ1) is 13.0. The molecule has 2 aromatic rings. The number of nitrogens with zero attached hydrogens (tertiary/aromatic N) is 1. The topological polar surface area (TPSA) is 50.9 Å². The molecule has 0 bridgehead atoms. The van der Waals surface area contributed by atoms with Crippen molar-refractivity contribution in [3.8, 4) is 0 Å². The Morgan fingerprint density at radius 2 is 2.11 bits per heavy atom. The van der Waals surface area contributed by atoms with Crippen LogP contribution in [-0.4, -0.2) is 9.97 Å². The third-order valence-corrected chi connectivity index (χ3v) is 3.28. The maximum absolute atomic E-state index is 5.50. The average Bonchev–Trinajstić information content (AvgIpc) is 2.33. The van der Waals surface area contributed by atoms with Gasteiger partial charge in [-0.15, -0.1) is 0 Å². The zero-order valence-electron chi connectivity index (χ0n) is 9.77. The molecule has 0 fully saturated rings. The molecular weight excluding hydrogens is 310 g/mol. The van der Waals surface area contributed by atoms with Crippen molar-refractivity contribution in [3.63, 3.8) is 0 Å². The van der Waals surface area contributed by atoms with Gasteiger partial charge in [0.2, 0.25) is 0 Å². The van der Waals surface area contributed by atoms with E-state index in [1.54, 1.807) is 12.3 Å². The van der Waals surface area contributed by atoms with Crippen LogP contribution >= 0.6 is 28.1 Å². The summed E-state index contributed by atoms with van der Waals surface area (Å²) in [6, 6.07) is 9.81. The van der Waals surface area contributed by atoms with Crippen molar-refractivity contribution in [2.45, 2.75) is 6.92 Å². The molecule has 92 valence electrons. The summed E-state index contributed by atoms with van der Waals surface area (Å²) in [6.45, 7) is 2.05. The molecule has 0 spiro atoms. The predicted octanol–water partition coefficient (Wildman–Crippen LogP) is 3.53. The van der Waals surface area contributed by atoms with Crippen molar-refractivity contribution in [2.24, 2.45) is 5.73 Å². The van der Waals surface area contributed by atoms with E-state index in [1.807, 2.05) is 25.1 Å². The molecule has 5 heteroatoms. The van der Waals surface area contributed by atoms with Crippen LogP contribution in [0.5, 0.6) is 0 Å². The van der Waals surface area contributed by atoms with Crippen LogP contribution in [0.1, 0.15) is 11.3 Å². The summed E-state index contributed by atoms with van der Waals surface area (Å²) in [6.07, 6.45) is 1.71. The van der Waals surface area contributed by atoms with Crippen molar-refractivity contribution in [1.82, 2.24) is 4.98 Å². The largest absolute Gasteiger partial charge is 0.388 e. The Morgan fingerprint density at radius 1 is 1.33 bits per heavy atom. The number of aromatic nitrogens is 1. The van der Waals surface area contributed by atoms with E-state index in [2.05, 4.69) is 32.3 Å². The first-order chi connectivity index (χ1) is 8.56. The lowest BCUT2D eigenvalue weighted by atomic mass is 10.2. The summed E-state index contributed by atoms with van der Waals surface area (Å²) in [7, 11) is 0. The zero-order chi connectivity index (χ0) is 13.1. The zero-order valence-corrected chi connectivity index (χ0v) is 12.2. The molecule has 1 aromatic heterocycles. The lowest BCUT2D eigenvalue weighted by molar-refractivity contribution is 1.28. The molecule has 3 N–H and O–H groups in total. The molecular formula is C13H12BrN3S. The maximum atomic E-state index is 5.50. The van der Waals surface area contributed by atoms with Crippen LogP contribution < -0.4 is 11.1 Å². The second kappa shape index (κ2) is 5.46. The second-order valence-corrected chi connectivity index (χ2v) is 5.20. The van der Waals surface area contributed by atoms with Gasteiger partial charge in [-0.3, -0.25) is 4.98 Å². The number of nitrogens with one attached hydrogen (secondary N) is 1. The van der Waals surface area contributed by atoms with E-state index in [0.29, 0.717) is 10.7 Å². The minimum absolute atomic E-state index is 0.304. The number of aryl methyl sites for hydroxylation is 1. The second-order valence-electron chi connectivity index (χ2n) is 3.90. The van der Waals surface area contributed by atoms with Crippen LogP contribution in [0.25, 0.3) is 0 Å². The molecule has 1 aromatic carbocycles. The Bertz CT molecular complexity index is 581. The van der Waals surface area contributed by atoms with Crippen LogP contribution in [0, 0.1) is 6.92 Å². The molecule has 2 rings (SSSR count). The number of pyridine rings is 1. The van der Waals surface area contributed by atoms with Crippen LogP contribution in [0.15, 0.2) is 41.0 Å². The van der Waals surface area contributed by atoms with Gasteiger partial charge >= 0.3 is 0 Å². The Labute approximate surface area is 120 Å². The molecule has 0 radical (unpaired) electrons. The fourth-order valence-electron chi connectivity index (χ4n) is 1.49. The van der Waals surface area contributed by atoms with Crippen molar-refractivity contribution in [2.75, 3.05) is 5.32 Å². The fraction of sp³-hybridized carbons (Fsp3) is 0.0769. The molecule has 0 aliphatic rings. The number of rotatable bonds is 3. The van der Waals surface area contributed by atoms with Crippen LogP contribution in [0.2, 0.25) is 0 Å². The maximum Gasteiger partial charge on any atom is 0.122 e. The number of halogens is 1. The number of thiocarbonyl (C=S) groups is 1. The SMILES string of the molecule is Cc1ccc(Nc2ccc(C(N)=S)nc2)c(Br)c1. The van der Waals surface area contributed by atoms with E-state index in [0.717, 1.165) is 15.8 Å². The minimum Gasteiger partial charge on any atom is -0.388 e. The summed E-state index contributed by atoms with van der Waals surface area (Å²) in [5.41, 5.74) is 9.20. The number of hydrogen-bond donors (Lipinski definition) is 2. The molecule has 0 unspecified atom stereocenters. The van der Waals surface area contributed by atoms with E-state index in [4.69, 9.17) is 18.0 Å². The quantitative estimate of drug-likeness (QED) is 0.849. The highest BCUT2D eigenvalue weighted by Crippen LogP contribution is 2.26. The van der Waals surface area contributed by atoms with E-state index in [9.17, 15) is 0 Å². The van der Waals surface area contributed by atoms with Gasteiger partial charge in [-0.25, -0.2) is 0 Å². The Hall–Kier alpha value is -1.46. The number of benzene rings is 1. The number of hydrogen-bond acceptors (Lipinski definition) is 3. The first-order valence-corrected chi connectivity index (χ1v) is 6.55. The molecule has 0 saturated heterocycles. The van der Waals surface area contributed by atoms with Crippen molar-refractivity contribution in [1.29, 1.82) is 0 Å². The Morgan fingerprint density at radius 3 is 2.67 bits per heavy atom. The summed E-state index contributed by atoms with van der Waals surface area (Å²) >= 11 is 8.38. The monoisotopic (exact) mass is 321 g/mol. The summed E-state index contributed by atoms with van der Waals surface area (Å²) in [5, 5.41) is 3.27. The lowest BCUT2D eigenvalue weighted by Crippen LogP contribution is -2.11. The fourth-order valence-corrected chi connectivity index (χ4v) is 2.20. The summed E-state index contributed by atoms with van der Waals surface area (Å²) < 4.78 is 1.01. The molecule has 3 nitrogen and oxygen atoms in total. The molecule has 0 saturated carbocycles. The molecule has 0 atom stereocenters. The van der Waals surface area contributed by atoms with E-state index >= 15 is 0 Å². The van der Waals surface area contributed by atoms with Gasteiger partial charge < -0.3 is 11.1 Å². The Kier molecular flexibility index (Phi) is 3.93. The van der Waals surface area contributed by atoms with Crippen molar-refractivity contribution in [3.05, 3.63) is 52.3 Å². The predicted molar refractivity (Wildman–Crippen MR) is 82.3 cm³/mol. The van der Waals surface area contributed by atoms with Gasteiger partial charge in [0.15, 0.2) is 0 Å². The molecule has 0 amide bonds. The smallest absolute Gasteiger partial charge is 0.122 e. The van der Waals surface area contributed by atoms with Gasteiger partial charge in [-0.2, -0.15) is 0 Å². The van der Waals surface area contributed by atoms with Crippen molar-refractivity contribution < 1.29 is 0 Å². The normalized spacial score (nSPS) is 10.1. The van der Waals surface area contributed by atoms with Crippen LogP contribution in [0.3, 0.4) is 0 Å². The highest BCUT2D eigenvalue weighted by molar-refractivity contribution is 9.10. The average molecular weight is 322 g/mol. The molecule has 0 aliphatic carbocycles. The van der Waals surface area contributed by atoms with Crippen molar-refractivity contribution >= 4 is 44.5 Å². The molecule has 18 heavy (non-hydrogen) atoms. The van der Waals surface area contributed by atoms with Gasteiger partial charge in [-0.1, -0.05) is 18.3 Å².